The topological polar surface area (TPSA) is 20.2 Å². The summed E-state index contributed by atoms with van der Waals surface area (Å²) >= 11 is 1.86. The molecule has 2 heteroatoms. The molecule has 0 aliphatic carbocycles. The van der Waals surface area contributed by atoms with E-state index in [9.17, 15) is 5.11 Å². The van der Waals surface area contributed by atoms with Crippen LogP contribution in [0.2, 0.25) is 0 Å². The molecule has 1 unspecified atom stereocenters. The van der Waals surface area contributed by atoms with Crippen molar-refractivity contribution in [1.29, 1.82) is 0 Å². The predicted molar refractivity (Wildman–Crippen MR) is 37.2 cm³/mol. The predicted octanol–water partition coefficient (Wildman–Crippen LogP) is 1.26. The first-order valence-corrected chi connectivity index (χ1v) is 4.22. The van der Waals surface area contributed by atoms with Gasteiger partial charge in [0.15, 0.2) is 0 Å². The Morgan fingerprint density at radius 3 is 2.75 bits per heavy atom. The van der Waals surface area contributed by atoms with Gasteiger partial charge in [-0.2, -0.15) is 11.8 Å². The maximum atomic E-state index is 9.48. The van der Waals surface area contributed by atoms with Gasteiger partial charge in [-0.25, -0.2) is 0 Å². The Morgan fingerprint density at radius 2 is 2.50 bits per heavy atom. The molecule has 0 aromatic heterocycles. The van der Waals surface area contributed by atoms with Crippen molar-refractivity contribution >= 4 is 11.8 Å². The quantitative estimate of drug-likeness (QED) is 0.579. The van der Waals surface area contributed by atoms with Crippen LogP contribution >= 0.6 is 11.8 Å². The summed E-state index contributed by atoms with van der Waals surface area (Å²) in [5.41, 5.74) is -0.301. The fourth-order valence-electron chi connectivity index (χ4n) is 0.875. The minimum Gasteiger partial charge on any atom is -0.389 e. The van der Waals surface area contributed by atoms with E-state index in [4.69, 9.17) is 0 Å². The first kappa shape index (κ1) is 6.43. The van der Waals surface area contributed by atoms with Crippen molar-refractivity contribution in [1.82, 2.24) is 0 Å². The molecule has 1 N–H and O–H groups in total. The van der Waals surface area contributed by atoms with Crippen LogP contribution in [-0.2, 0) is 0 Å². The molecule has 0 saturated carbocycles. The van der Waals surface area contributed by atoms with E-state index in [-0.39, 0.29) is 5.60 Å². The molecule has 48 valence electrons. The summed E-state index contributed by atoms with van der Waals surface area (Å²) in [5.74, 6) is 2.09. The Morgan fingerprint density at radius 1 is 1.75 bits per heavy atom. The van der Waals surface area contributed by atoms with E-state index < -0.39 is 0 Å². The lowest BCUT2D eigenvalue weighted by molar-refractivity contribution is 0.0642. The Hall–Kier alpha value is 0.310. The molecular formula is C6H12OS. The average molecular weight is 132 g/mol. The number of hydrogen-bond acceptors (Lipinski definition) is 2. The average Bonchev–Trinajstić information content (AvgIpc) is 2.17. The Balaban J connectivity index is 2.40. The van der Waals surface area contributed by atoms with Crippen molar-refractivity contribution in [2.75, 3.05) is 11.5 Å². The summed E-state index contributed by atoms with van der Waals surface area (Å²) in [6.45, 7) is 2.05. The Bertz CT molecular complexity index is 76.6. The van der Waals surface area contributed by atoms with Crippen LogP contribution in [0.25, 0.3) is 0 Å². The summed E-state index contributed by atoms with van der Waals surface area (Å²) < 4.78 is 0. The third-order valence-electron chi connectivity index (χ3n) is 1.74. The summed E-state index contributed by atoms with van der Waals surface area (Å²) in [6.07, 6.45) is 1.91. The summed E-state index contributed by atoms with van der Waals surface area (Å²) in [4.78, 5) is 0. The molecule has 0 aromatic rings. The normalized spacial score (nSPS) is 38.2. The number of aliphatic hydroxyl groups is 1. The maximum Gasteiger partial charge on any atom is 0.0743 e. The standard InChI is InChI=1S/C6H12OS/c1-2-6(7)3-4-8-5-6/h7H,2-5H2,1H3. The molecule has 1 rings (SSSR count). The van der Waals surface area contributed by atoms with Gasteiger partial charge in [0.2, 0.25) is 0 Å². The number of thioether (sulfide) groups is 1. The van der Waals surface area contributed by atoms with E-state index >= 15 is 0 Å². The fourth-order valence-corrected chi connectivity index (χ4v) is 2.27. The largest absolute Gasteiger partial charge is 0.389 e. The second kappa shape index (κ2) is 2.28. The molecule has 1 aliphatic rings. The second-order valence-electron chi connectivity index (χ2n) is 2.38. The SMILES string of the molecule is CCC1(O)CCSC1. The third kappa shape index (κ3) is 1.17. The molecular weight excluding hydrogens is 120 g/mol. The highest BCUT2D eigenvalue weighted by molar-refractivity contribution is 7.99. The van der Waals surface area contributed by atoms with E-state index in [2.05, 4.69) is 0 Å². The minimum atomic E-state index is -0.301. The summed E-state index contributed by atoms with van der Waals surface area (Å²) in [5, 5.41) is 9.48. The highest BCUT2D eigenvalue weighted by Gasteiger charge is 2.28. The van der Waals surface area contributed by atoms with Crippen molar-refractivity contribution in [3.8, 4) is 0 Å². The third-order valence-corrected chi connectivity index (χ3v) is 2.97. The van der Waals surface area contributed by atoms with Gasteiger partial charge in [0.1, 0.15) is 0 Å². The molecule has 1 aliphatic heterocycles. The maximum absolute atomic E-state index is 9.48. The van der Waals surface area contributed by atoms with Gasteiger partial charge in [-0.3, -0.25) is 0 Å². The van der Waals surface area contributed by atoms with Crippen molar-refractivity contribution in [2.24, 2.45) is 0 Å². The van der Waals surface area contributed by atoms with Gasteiger partial charge < -0.3 is 5.11 Å². The zero-order chi connectivity index (χ0) is 6.04. The lowest BCUT2D eigenvalue weighted by Gasteiger charge is -2.17. The first-order valence-electron chi connectivity index (χ1n) is 3.07. The molecule has 0 amide bonds. The zero-order valence-electron chi connectivity index (χ0n) is 5.18. The van der Waals surface area contributed by atoms with Gasteiger partial charge in [0.05, 0.1) is 5.60 Å². The molecule has 1 saturated heterocycles. The minimum absolute atomic E-state index is 0.301. The van der Waals surface area contributed by atoms with Crippen molar-refractivity contribution in [3.63, 3.8) is 0 Å². The summed E-state index contributed by atoms with van der Waals surface area (Å²) in [6, 6.07) is 0. The highest BCUT2D eigenvalue weighted by Crippen LogP contribution is 2.29. The van der Waals surface area contributed by atoms with E-state index in [0.29, 0.717) is 0 Å². The van der Waals surface area contributed by atoms with E-state index in [0.717, 1.165) is 24.3 Å². The molecule has 1 atom stereocenters. The zero-order valence-corrected chi connectivity index (χ0v) is 6.00. The smallest absolute Gasteiger partial charge is 0.0743 e. The van der Waals surface area contributed by atoms with Crippen molar-refractivity contribution in [2.45, 2.75) is 25.4 Å². The molecule has 0 aromatic carbocycles. The molecule has 1 fully saturated rings. The molecule has 0 bridgehead atoms. The van der Waals surface area contributed by atoms with E-state index in [1.54, 1.807) is 0 Å². The van der Waals surface area contributed by atoms with Crippen LogP contribution in [0.1, 0.15) is 19.8 Å². The summed E-state index contributed by atoms with van der Waals surface area (Å²) in [7, 11) is 0. The van der Waals surface area contributed by atoms with Gasteiger partial charge in [0.25, 0.3) is 0 Å². The Kier molecular flexibility index (Phi) is 1.83. The number of rotatable bonds is 1. The molecule has 1 nitrogen and oxygen atoms in total. The van der Waals surface area contributed by atoms with Crippen LogP contribution in [0, 0.1) is 0 Å². The van der Waals surface area contributed by atoms with Crippen LogP contribution in [0.15, 0.2) is 0 Å². The highest BCUT2D eigenvalue weighted by atomic mass is 32.2. The van der Waals surface area contributed by atoms with Crippen molar-refractivity contribution < 1.29 is 5.11 Å². The van der Waals surface area contributed by atoms with Crippen molar-refractivity contribution in [3.05, 3.63) is 0 Å². The fraction of sp³-hybridized carbons (Fsp3) is 1.00. The van der Waals surface area contributed by atoms with Crippen LogP contribution in [0.5, 0.6) is 0 Å². The van der Waals surface area contributed by atoms with Gasteiger partial charge in [-0.1, -0.05) is 6.92 Å². The molecule has 0 spiro atoms. The van der Waals surface area contributed by atoms with Gasteiger partial charge in [-0.15, -0.1) is 0 Å². The lowest BCUT2D eigenvalue weighted by atomic mass is 10.0. The van der Waals surface area contributed by atoms with E-state index in [1.165, 1.54) is 0 Å². The Labute approximate surface area is 54.5 Å². The lowest BCUT2D eigenvalue weighted by Crippen LogP contribution is -2.26. The first-order chi connectivity index (χ1) is 3.77. The van der Waals surface area contributed by atoms with Gasteiger partial charge in [-0.05, 0) is 18.6 Å². The van der Waals surface area contributed by atoms with Gasteiger partial charge >= 0.3 is 0 Å². The molecule has 0 radical (unpaired) electrons. The second-order valence-corrected chi connectivity index (χ2v) is 3.49. The monoisotopic (exact) mass is 132 g/mol. The van der Waals surface area contributed by atoms with Gasteiger partial charge in [0, 0.05) is 5.75 Å². The number of hydrogen-bond donors (Lipinski definition) is 1. The van der Waals surface area contributed by atoms with Crippen LogP contribution < -0.4 is 0 Å². The molecule has 1 heterocycles. The van der Waals surface area contributed by atoms with Crippen LogP contribution in [0.4, 0.5) is 0 Å². The van der Waals surface area contributed by atoms with Crippen LogP contribution in [0.3, 0.4) is 0 Å². The molecule has 8 heavy (non-hydrogen) atoms. The van der Waals surface area contributed by atoms with E-state index in [1.807, 2.05) is 18.7 Å². The van der Waals surface area contributed by atoms with Crippen LogP contribution in [-0.4, -0.2) is 22.2 Å².